The van der Waals surface area contributed by atoms with Gasteiger partial charge in [-0.2, -0.15) is 5.10 Å². The second-order valence-corrected chi connectivity index (χ2v) is 10.7. The SMILES string of the molecule is CC1CCc2c(ccc(-c3cnn(C4CC5CN(C)CC5C4)c3)c2OC2CCC2)N1C. The van der Waals surface area contributed by atoms with Crippen LogP contribution in [0, 0.1) is 11.8 Å². The van der Waals surface area contributed by atoms with E-state index >= 15 is 0 Å². The van der Waals surface area contributed by atoms with Crippen molar-refractivity contribution >= 4 is 5.69 Å². The largest absolute Gasteiger partial charge is 0.489 e. The normalized spacial score (nSPS) is 30.9. The van der Waals surface area contributed by atoms with Crippen LogP contribution in [0.15, 0.2) is 24.5 Å². The third kappa shape index (κ3) is 3.36. The van der Waals surface area contributed by atoms with Crippen molar-refractivity contribution in [2.75, 3.05) is 32.1 Å². The van der Waals surface area contributed by atoms with E-state index in [0.717, 1.165) is 24.0 Å². The summed E-state index contributed by atoms with van der Waals surface area (Å²) >= 11 is 0. The van der Waals surface area contributed by atoms with Gasteiger partial charge >= 0.3 is 0 Å². The van der Waals surface area contributed by atoms with E-state index in [0.29, 0.717) is 18.2 Å². The van der Waals surface area contributed by atoms with Gasteiger partial charge in [0.25, 0.3) is 0 Å². The summed E-state index contributed by atoms with van der Waals surface area (Å²) in [7, 11) is 4.49. The number of rotatable bonds is 4. The van der Waals surface area contributed by atoms with Crippen molar-refractivity contribution in [3.8, 4) is 16.9 Å². The van der Waals surface area contributed by atoms with Crippen molar-refractivity contribution in [2.24, 2.45) is 11.8 Å². The third-order valence-electron chi connectivity index (χ3n) is 8.62. The van der Waals surface area contributed by atoms with Crippen molar-refractivity contribution in [1.82, 2.24) is 14.7 Å². The highest BCUT2D eigenvalue weighted by molar-refractivity contribution is 5.77. The molecule has 2 aliphatic heterocycles. The molecule has 3 fully saturated rings. The maximum atomic E-state index is 6.66. The van der Waals surface area contributed by atoms with Crippen LogP contribution < -0.4 is 9.64 Å². The van der Waals surface area contributed by atoms with Crippen LogP contribution in [-0.4, -0.2) is 54.0 Å². The smallest absolute Gasteiger partial charge is 0.132 e. The van der Waals surface area contributed by atoms with Gasteiger partial charge < -0.3 is 14.5 Å². The Balaban J connectivity index is 1.32. The van der Waals surface area contributed by atoms with Crippen molar-refractivity contribution in [3.63, 3.8) is 0 Å². The zero-order chi connectivity index (χ0) is 21.1. The third-order valence-corrected chi connectivity index (χ3v) is 8.62. The van der Waals surface area contributed by atoms with Crippen molar-refractivity contribution in [1.29, 1.82) is 0 Å². The highest BCUT2D eigenvalue weighted by atomic mass is 16.5. The topological polar surface area (TPSA) is 33.5 Å². The van der Waals surface area contributed by atoms with E-state index in [1.807, 2.05) is 0 Å². The van der Waals surface area contributed by atoms with Crippen LogP contribution in [0.2, 0.25) is 0 Å². The molecule has 0 amide bonds. The lowest BCUT2D eigenvalue weighted by Gasteiger charge is -2.37. The second kappa shape index (κ2) is 7.54. The standard InChI is InChI=1S/C26H36N4O/c1-17-7-8-24-25(29(17)3)10-9-23(26(24)31-22-5-4-6-22)20-13-27-30(16-20)21-11-18-14-28(2)15-19(18)12-21/h9-10,13,16-19,21-22H,4-8,11-12,14-15H2,1-3H3. The summed E-state index contributed by atoms with van der Waals surface area (Å²) in [6, 6.07) is 5.72. The predicted molar refractivity (Wildman–Crippen MR) is 125 cm³/mol. The molecule has 1 aromatic heterocycles. The van der Waals surface area contributed by atoms with Gasteiger partial charge in [0.2, 0.25) is 0 Å². The van der Waals surface area contributed by atoms with Crippen LogP contribution in [-0.2, 0) is 6.42 Å². The van der Waals surface area contributed by atoms with E-state index in [2.05, 4.69) is 60.0 Å². The fourth-order valence-electron chi connectivity index (χ4n) is 6.39. The van der Waals surface area contributed by atoms with Gasteiger partial charge in [0.1, 0.15) is 5.75 Å². The molecule has 3 heterocycles. The molecule has 4 aliphatic rings. The summed E-state index contributed by atoms with van der Waals surface area (Å²) in [5, 5.41) is 4.85. The average Bonchev–Trinajstić information content (AvgIpc) is 3.42. The zero-order valence-electron chi connectivity index (χ0n) is 19.3. The minimum absolute atomic E-state index is 0.385. The highest BCUT2D eigenvalue weighted by Crippen LogP contribution is 2.46. The van der Waals surface area contributed by atoms with E-state index in [9.17, 15) is 0 Å². The Morgan fingerprint density at radius 1 is 1.03 bits per heavy atom. The van der Waals surface area contributed by atoms with Crippen LogP contribution in [0.4, 0.5) is 5.69 Å². The van der Waals surface area contributed by atoms with Crippen LogP contribution in [0.3, 0.4) is 0 Å². The number of benzene rings is 1. The quantitative estimate of drug-likeness (QED) is 0.714. The van der Waals surface area contributed by atoms with Gasteiger partial charge in [-0.3, -0.25) is 4.68 Å². The molecule has 1 aromatic carbocycles. The first kappa shape index (κ1) is 19.7. The van der Waals surface area contributed by atoms with Crippen LogP contribution in [0.25, 0.3) is 11.1 Å². The lowest BCUT2D eigenvalue weighted by molar-refractivity contribution is 0.119. The van der Waals surface area contributed by atoms with E-state index in [-0.39, 0.29) is 0 Å². The number of nitrogens with zero attached hydrogens (tertiary/aromatic N) is 4. The number of likely N-dealkylation sites (tertiary alicyclic amines) is 1. The lowest BCUT2D eigenvalue weighted by Crippen LogP contribution is -2.34. The van der Waals surface area contributed by atoms with Crippen LogP contribution >= 0.6 is 0 Å². The van der Waals surface area contributed by atoms with Gasteiger partial charge in [-0.15, -0.1) is 0 Å². The van der Waals surface area contributed by atoms with E-state index < -0.39 is 0 Å². The minimum atomic E-state index is 0.385. The molecular formula is C26H36N4O. The fourth-order valence-corrected chi connectivity index (χ4v) is 6.39. The van der Waals surface area contributed by atoms with E-state index in [1.54, 1.807) is 0 Å². The average molecular weight is 421 g/mol. The minimum Gasteiger partial charge on any atom is -0.489 e. The molecule has 2 saturated carbocycles. The van der Waals surface area contributed by atoms with E-state index in [4.69, 9.17) is 9.84 Å². The Morgan fingerprint density at radius 2 is 1.81 bits per heavy atom. The molecule has 5 heteroatoms. The number of hydrogen-bond acceptors (Lipinski definition) is 4. The summed E-state index contributed by atoms with van der Waals surface area (Å²) in [5.74, 6) is 2.83. The summed E-state index contributed by atoms with van der Waals surface area (Å²) in [5.41, 5.74) is 5.19. The van der Waals surface area contributed by atoms with Crippen molar-refractivity contribution < 1.29 is 4.74 Å². The number of anilines is 1. The van der Waals surface area contributed by atoms with Gasteiger partial charge in [0.05, 0.1) is 18.3 Å². The van der Waals surface area contributed by atoms with Gasteiger partial charge in [-0.1, -0.05) is 0 Å². The van der Waals surface area contributed by atoms with Gasteiger partial charge in [0.15, 0.2) is 0 Å². The molecule has 5 nitrogen and oxygen atoms in total. The lowest BCUT2D eigenvalue weighted by atomic mass is 9.91. The number of hydrogen-bond donors (Lipinski definition) is 0. The Bertz CT molecular complexity index is 950. The molecular weight excluding hydrogens is 384 g/mol. The maximum Gasteiger partial charge on any atom is 0.132 e. The summed E-state index contributed by atoms with van der Waals surface area (Å²) in [6.07, 6.45) is 13.3. The number of ether oxygens (including phenoxy) is 1. The Hall–Kier alpha value is -2.01. The van der Waals surface area contributed by atoms with Gasteiger partial charge in [0, 0.05) is 54.8 Å². The summed E-state index contributed by atoms with van der Waals surface area (Å²) in [6.45, 7) is 4.83. The van der Waals surface area contributed by atoms with Gasteiger partial charge in [-0.05, 0) is 82.9 Å². The first-order valence-corrected chi connectivity index (χ1v) is 12.3. The molecule has 2 aliphatic carbocycles. The monoisotopic (exact) mass is 420 g/mol. The first-order valence-electron chi connectivity index (χ1n) is 12.3. The molecule has 166 valence electrons. The van der Waals surface area contributed by atoms with E-state index in [1.165, 1.54) is 74.0 Å². The molecule has 1 saturated heterocycles. The molecule has 2 aromatic rings. The first-order chi connectivity index (χ1) is 15.1. The van der Waals surface area contributed by atoms with Crippen molar-refractivity contribution in [3.05, 3.63) is 30.1 Å². The molecule has 3 atom stereocenters. The Labute approximate surface area is 186 Å². The molecule has 3 unspecified atom stereocenters. The highest BCUT2D eigenvalue weighted by Gasteiger charge is 2.40. The maximum absolute atomic E-state index is 6.66. The van der Waals surface area contributed by atoms with Crippen LogP contribution in [0.5, 0.6) is 5.75 Å². The summed E-state index contributed by atoms with van der Waals surface area (Å²) < 4.78 is 8.91. The Kier molecular flexibility index (Phi) is 4.78. The second-order valence-electron chi connectivity index (χ2n) is 10.7. The van der Waals surface area contributed by atoms with Crippen molar-refractivity contribution in [2.45, 2.75) is 70.1 Å². The van der Waals surface area contributed by atoms with Crippen LogP contribution in [0.1, 0.15) is 57.1 Å². The predicted octanol–water partition coefficient (Wildman–Crippen LogP) is 4.77. The van der Waals surface area contributed by atoms with Gasteiger partial charge in [-0.25, -0.2) is 0 Å². The summed E-state index contributed by atoms with van der Waals surface area (Å²) in [4.78, 5) is 4.92. The molecule has 0 radical (unpaired) electrons. The molecule has 31 heavy (non-hydrogen) atoms. The molecule has 0 spiro atoms. The zero-order valence-corrected chi connectivity index (χ0v) is 19.3. The Morgan fingerprint density at radius 3 is 2.52 bits per heavy atom. The fraction of sp³-hybridized carbons (Fsp3) is 0.654. The molecule has 0 N–H and O–H groups in total. The molecule has 6 rings (SSSR count). The number of fused-ring (bicyclic) bond motifs is 2. The molecule has 0 bridgehead atoms. The number of aromatic nitrogens is 2.